The van der Waals surface area contributed by atoms with Crippen molar-refractivity contribution in [3.63, 3.8) is 0 Å². The van der Waals surface area contributed by atoms with E-state index < -0.39 is 16.1 Å². The van der Waals surface area contributed by atoms with E-state index in [-0.39, 0.29) is 11.5 Å². The van der Waals surface area contributed by atoms with Crippen LogP contribution in [-0.2, 0) is 23.7 Å². The van der Waals surface area contributed by atoms with E-state index in [0.717, 1.165) is 0 Å². The summed E-state index contributed by atoms with van der Waals surface area (Å²) in [5, 5.41) is 18.6. The van der Waals surface area contributed by atoms with Gasteiger partial charge in [-0.05, 0) is 24.8 Å². The predicted octanol–water partition coefficient (Wildman–Crippen LogP) is 0.717. The average Bonchev–Trinajstić information content (AvgIpc) is 2.94. The largest absolute Gasteiger partial charge is 0.391 e. The Morgan fingerprint density at radius 2 is 2.25 bits per heavy atom. The van der Waals surface area contributed by atoms with Crippen LogP contribution >= 0.6 is 11.3 Å². The van der Waals surface area contributed by atoms with Gasteiger partial charge in [-0.3, -0.25) is 0 Å². The summed E-state index contributed by atoms with van der Waals surface area (Å²) >= 11 is 1.23. The minimum atomic E-state index is -3.71. The Bertz CT molecular complexity index is 705. The highest BCUT2D eigenvalue weighted by atomic mass is 32.2. The zero-order valence-corrected chi connectivity index (χ0v) is 13.0. The molecule has 0 aliphatic carbocycles. The molecule has 0 saturated carbocycles. The number of aliphatic hydroxyl groups excluding tert-OH is 1. The number of aromatic nitrogens is 3. The standard InChI is InChI=1S/C11H16N4O3S2/c1-7-5-19-9(4-16)10(7)20(17,18)14-8(2)11-13-12-6-15(11)3/h5-6,8,14,16H,4H2,1-3H3. The quantitative estimate of drug-likeness (QED) is 0.847. The molecule has 1 unspecified atom stereocenters. The first kappa shape index (κ1) is 15.1. The van der Waals surface area contributed by atoms with Crippen molar-refractivity contribution >= 4 is 21.4 Å². The van der Waals surface area contributed by atoms with E-state index in [1.807, 2.05) is 0 Å². The molecule has 110 valence electrons. The smallest absolute Gasteiger partial charge is 0.242 e. The van der Waals surface area contributed by atoms with Crippen molar-refractivity contribution < 1.29 is 13.5 Å². The number of aliphatic hydroxyl groups is 1. The number of hydrogen-bond donors (Lipinski definition) is 2. The molecule has 2 N–H and O–H groups in total. The van der Waals surface area contributed by atoms with Crippen molar-refractivity contribution in [1.29, 1.82) is 0 Å². The van der Waals surface area contributed by atoms with E-state index in [1.54, 1.807) is 30.8 Å². The van der Waals surface area contributed by atoms with Crippen LogP contribution in [0.5, 0.6) is 0 Å². The van der Waals surface area contributed by atoms with Crippen molar-refractivity contribution in [3.05, 3.63) is 28.0 Å². The lowest BCUT2D eigenvalue weighted by Crippen LogP contribution is -2.29. The van der Waals surface area contributed by atoms with Crippen LogP contribution in [0.3, 0.4) is 0 Å². The lowest BCUT2D eigenvalue weighted by atomic mass is 10.3. The first-order valence-electron chi connectivity index (χ1n) is 5.91. The van der Waals surface area contributed by atoms with Crippen molar-refractivity contribution in [2.45, 2.75) is 31.4 Å². The van der Waals surface area contributed by atoms with Crippen LogP contribution in [0.2, 0.25) is 0 Å². The Hall–Kier alpha value is -1.29. The SMILES string of the molecule is Cc1csc(CO)c1S(=O)(=O)NC(C)c1nncn1C. The van der Waals surface area contributed by atoms with Crippen LogP contribution in [-0.4, -0.2) is 28.3 Å². The van der Waals surface area contributed by atoms with E-state index in [4.69, 9.17) is 0 Å². The molecule has 2 rings (SSSR count). The van der Waals surface area contributed by atoms with Crippen LogP contribution < -0.4 is 4.72 Å². The minimum Gasteiger partial charge on any atom is -0.391 e. The van der Waals surface area contributed by atoms with Gasteiger partial charge in [0, 0.05) is 7.05 Å². The molecule has 2 heterocycles. The number of thiophene rings is 1. The van der Waals surface area contributed by atoms with E-state index in [1.165, 1.54) is 17.7 Å². The van der Waals surface area contributed by atoms with Gasteiger partial charge < -0.3 is 9.67 Å². The van der Waals surface area contributed by atoms with E-state index in [9.17, 15) is 13.5 Å². The highest BCUT2D eigenvalue weighted by Crippen LogP contribution is 2.27. The maximum Gasteiger partial charge on any atom is 0.242 e. The monoisotopic (exact) mass is 316 g/mol. The molecule has 0 fully saturated rings. The first-order valence-corrected chi connectivity index (χ1v) is 8.27. The van der Waals surface area contributed by atoms with Gasteiger partial charge in [0.15, 0.2) is 0 Å². The van der Waals surface area contributed by atoms with Crippen molar-refractivity contribution in [2.24, 2.45) is 7.05 Å². The lowest BCUT2D eigenvalue weighted by Gasteiger charge is -2.14. The van der Waals surface area contributed by atoms with E-state index >= 15 is 0 Å². The second-order valence-corrected chi connectivity index (χ2v) is 7.09. The third-order valence-electron chi connectivity index (χ3n) is 2.87. The zero-order chi connectivity index (χ0) is 14.9. The predicted molar refractivity (Wildman–Crippen MR) is 74.7 cm³/mol. The molecule has 0 amide bonds. The van der Waals surface area contributed by atoms with Crippen molar-refractivity contribution in [3.8, 4) is 0 Å². The Morgan fingerprint density at radius 3 is 2.80 bits per heavy atom. The van der Waals surface area contributed by atoms with Crippen LogP contribution in [0, 0.1) is 6.92 Å². The molecule has 0 spiro atoms. The fraction of sp³-hybridized carbons (Fsp3) is 0.455. The molecular formula is C11H16N4O3S2. The van der Waals surface area contributed by atoms with Gasteiger partial charge in [0.25, 0.3) is 0 Å². The highest BCUT2D eigenvalue weighted by molar-refractivity contribution is 7.89. The fourth-order valence-corrected chi connectivity index (χ4v) is 4.85. The molecule has 0 aliphatic rings. The number of nitrogens with one attached hydrogen (secondary N) is 1. The molecule has 0 radical (unpaired) electrons. The Morgan fingerprint density at radius 1 is 1.55 bits per heavy atom. The molecule has 1 atom stereocenters. The summed E-state index contributed by atoms with van der Waals surface area (Å²) in [4.78, 5) is 0.583. The number of aryl methyl sites for hydroxylation is 2. The molecular weight excluding hydrogens is 300 g/mol. The fourth-order valence-electron chi connectivity index (χ4n) is 1.99. The molecule has 0 aromatic carbocycles. The number of rotatable bonds is 5. The van der Waals surface area contributed by atoms with Crippen LogP contribution in [0.25, 0.3) is 0 Å². The van der Waals surface area contributed by atoms with Gasteiger partial charge in [-0.25, -0.2) is 13.1 Å². The molecule has 0 bridgehead atoms. The third-order valence-corrected chi connectivity index (χ3v) is 5.86. The molecule has 2 aromatic rings. The maximum absolute atomic E-state index is 12.4. The third kappa shape index (κ3) is 2.75. The summed E-state index contributed by atoms with van der Waals surface area (Å²) in [5.74, 6) is 0.520. The van der Waals surface area contributed by atoms with Gasteiger partial charge >= 0.3 is 0 Å². The highest BCUT2D eigenvalue weighted by Gasteiger charge is 2.26. The lowest BCUT2D eigenvalue weighted by molar-refractivity contribution is 0.282. The number of hydrogen-bond acceptors (Lipinski definition) is 6. The number of nitrogens with zero attached hydrogens (tertiary/aromatic N) is 3. The van der Waals surface area contributed by atoms with E-state index in [2.05, 4.69) is 14.9 Å². The normalized spacial score (nSPS) is 13.6. The molecule has 0 saturated heterocycles. The van der Waals surface area contributed by atoms with Gasteiger partial charge in [0.2, 0.25) is 10.0 Å². The number of sulfonamides is 1. The van der Waals surface area contributed by atoms with E-state index in [0.29, 0.717) is 16.3 Å². The van der Waals surface area contributed by atoms with Crippen LogP contribution in [0.15, 0.2) is 16.6 Å². The second kappa shape index (κ2) is 5.60. The maximum atomic E-state index is 12.4. The molecule has 9 heteroatoms. The van der Waals surface area contributed by atoms with Gasteiger partial charge in [-0.15, -0.1) is 21.5 Å². The summed E-state index contributed by atoms with van der Waals surface area (Å²) < 4.78 is 29.1. The Labute approximate surface area is 121 Å². The van der Waals surface area contributed by atoms with Crippen LogP contribution in [0.1, 0.15) is 29.2 Å². The van der Waals surface area contributed by atoms with Gasteiger partial charge in [-0.2, -0.15) is 0 Å². The summed E-state index contributed by atoms with van der Waals surface area (Å²) in [6.07, 6.45) is 1.51. The second-order valence-electron chi connectivity index (χ2n) is 4.47. The molecule has 2 aromatic heterocycles. The summed E-state index contributed by atoms with van der Waals surface area (Å²) in [5.41, 5.74) is 0.622. The average molecular weight is 316 g/mol. The minimum absolute atomic E-state index is 0.152. The van der Waals surface area contributed by atoms with Crippen LogP contribution in [0.4, 0.5) is 0 Å². The summed E-state index contributed by atoms with van der Waals surface area (Å²) in [6, 6.07) is -0.515. The summed E-state index contributed by atoms with van der Waals surface area (Å²) in [7, 11) is -1.97. The van der Waals surface area contributed by atoms with Gasteiger partial charge in [-0.1, -0.05) is 0 Å². The first-order chi connectivity index (χ1) is 9.36. The van der Waals surface area contributed by atoms with Gasteiger partial charge in [0.1, 0.15) is 17.0 Å². The topological polar surface area (TPSA) is 97.1 Å². The molecule has 20 heavy (non-hydrogen) atoms. The Balaban J connectivity index is 2.32. The van der Waals surface area contributed by atoms with Crippen molar-refractivity contribution in [2.75, 3.05) is 0 Å². The Kier molecular flexibility index (Phi) is 4.23. The molecule has 7 nitrogen and oxygen atoms in total. The molecule has 0 aliphatic heterocycles. The zero-order valence-electron chi connectivity index (χ0n) is 11.4. The van der Waals surface area contributed by atoms with Crippen molar-refractivity contribution in [1.82, 2.24) is 19.5 Å². The summed E-state index contributed by atoms with van der Waals surface area (Å²) in [6.45, 7) is 3.10. The van der Waals surface area contributed by atoms with Gasteiger partial charge in [0.05, 0.1) is 17.5 Å².